The normalized spacial score (nSPS) is 39.8. The molecule has 3 fully saturated rings. The summed E-state index contributed by atoms with van der Waals surface area (Å²) in [4.78, 5) is 13.9. The Kier molecular flexibility index (Phi) is 3.47. The summed E-state index contributed by atoms with van der Waals surface area (Å²) < 4.78 is 5.44. The molecule has 4 atom stereocenters. The number of carbonyl (C=O) groups is 1. The number of likely N-dealkylation sites (tertiary alicyclic amines) is 1. The van der Waals surface area contributed by atoms with E-state index in [1.54, 1.807) is 0 Å². The highest BCUT2D eigenvalue weighted by Gasteiger charge is 2.57. The molecular weight excluding hydrogens is 252 g/mol. The molecule has 1 aliphatic heterocycles. The monoisotopic (exact) mass is 280 g/mol. The van der Waals surface area contributed by atoms with Crippen LogP contribution in [0.4, 0.5) is 4.79 Å². The maximum atomic E-state index is 12.0. The summed E-state index contributed by atoms with van der Waals surface area (Å²) in [6.45, 7) is 9.87. The molecule has 1 saturated heterocycles. The SMILES string of the molecule is CC1CCC(NC2C3CN(C(=O)OC(C)(C)C)CC32)C1. The maximum absolute atomic E-state index is 12.0. The van der Waals surface area contributed by atoms with Gasteiger partial charge in [-0.25, -0.2) is 4.79 Å². The Morgan fingerprint density at radius 1 is 1.20 bits per heavy atom. The van der Waals surface area contributed by atoms with Crippen LogP contribution in [0.1, 0.15) is 47.0 Å². The Morgan fingerprint density at radius 3 is 2.35 bits per heavy atom. The van der Waals surface area contributed by atoms with Crippen LogP contribution in [0, 0.1) is 17.8 Å². The van der Waals surface area contributed by atoms with Gasteiger partial charge in [-0.2, -0.15) is 0 Å². The number of fused-ring (bicyclic) bond motifs is 1. The Hall–Kier alpha value is -0.770. The van der Waals surface area contributed by atoms with Crippen molar-refractivity contribution in [3.63, 3.8) is 0 Å². The highest BCUT2D eigenvalue weighted by Crippen LogP contribution is 2.46. The molecule has 2 aliphatic carbocycles. The predicted molar refractivity (Wildman–Crippen MR) is 78.5 cm³/mol. The van der Waals surface area contributed by atoms with Gasteiger partial charge in [0.05, 0.1) is 0 Å². The molecule has 0 aromatic carbocycles. The van der Waals surface area contributed by atoms with E-state index < -0.39 is 0 Å². The van der Waals surface area contributed by atoms with Gasteiger partial charge in [-0.05, 0) is 57.8 Å². The number of hydrogen-bond acceptors (Lipinski definition) is 3. The zero-order valence-electron chi connectivity index (χ0n) is 13.2. The van der Waals surface area contributed by atoms with E-state index in [0.717, 1.165) is 25.0 Å². The lowest BCUT2D eigenvalue weighted by atomic mass is 10.1. The highest BCUT2D eigenvalue weighted by atomic mass is 16.6. The molecule has 20 heavy (non-hydrogen) atoms. The molecular formula is C16H28N2O2. The van der Waals surface area contributed by atoms with Crippen LogP contribution < -0.4 is 5.32 Å². The Balaban J connectivity index is 1.43. The lowest BCUT2D eigenvalue weighted by Crippen LogP contribution is -2.40. The molecule has 1 heterocycles. The number of amides is 1. The fourth-order valence-electron chi connectivity index (χ4n) is 3.88. The van der Waals surface area contributed by atoms with Gasteiger partial charge < -0.3 is 15.0 Å². The second-order valence-corrected chi connectivity index (χ2v) is 8.02. The molecule has 0 spiro atoms. The molecule has 1 N–H and O–H groups in total. The summed E-state index contributed by atoms with van der Waals surface area (Å²) in [5, 5.41) is 3.81. The molecule has 3 aliphatic rings. The Bertz CT molecular complexity index is 378. The van der Waals surface area contributed by atoms with Crippen molar-refractivity contribution >= 4 is 6.09 Å². The molecule has 0 aromatic heterocycles. The Morgan fingerprint density at radius 2 is 1.85 bits per heavy atom. The van der Waals surface area contributed by atoms with Gasteiger partial charge in [0, 0.05) is 25.2 Å². The number of nitrogens with one attached hydrogen (secondary N) is 1. The summed E-state index contributed by atoms with van der Waals surface area (Å²) in [6.07, 6.45) is 3.88. The fraction of sp³-hybridized carbons (Fsp3) is 0.938. The van der Waals surface area contributed by atoms with Gasteiger partial charge in [-0.15, -0.1) is 0 Å². The minimum absolute atomic E-state index is 0.141. The van der Waals surface area contributed by atoms with E-state index in [1.807, 2.05) is 25.7 Å². The first kappa shape index (κ1) is 14.2. The van der Waals surface area contributed by atoms with E-state index in [4.69, 9.17) is 4.74 Å². The van der Waals surface area contributed by atoms with Crippen LogP contribution in [0.2, 0.25) is 0 Å². The summed E-state index contributed by atoms with van der Waals surface area (Å²) in [5.41, 5.74) is -0.387. The van der Waals surface area contributed by atoms with Crippen molar-refractivity contribution in [3.05, 3.63) is 0 Å². The minimum atomic E-state index is -0.387. The second-order valence-electron chi connectivity index (χ2n) is 8.02. The lowest BCUT2D eigenvalue weighted by Gasteiger charge is -2.26. The average molecular weight is 280 g/mol. The third-order valence-corrected chi connectivity index (χ3v) is 4.97. The summed E-state index contributed by atoms with van der Waals surface area (Å²) in [7, 11) is 0. The summed E-state index contributed by atoms with van der Waals surface area (Å²) >= 11 is 0. The van der Waals surface area contributed by atoms with Gasteiger partial charge in [0.15, 0.2) is 0 Å². The second kappa shape index (κ2) is 4.90. The van der Waals surface area contributed by atoms with Gasteiger partial charge in [-0.3, -0.25) is 0 Å². The van der Waals surface area contributed by atoms with Crippen LogP contribution in [0.3, 0.4) is 0 Å². The molecule has 0 bridgehead atoms. The number of ether oxygens (including phenoxy) is 1. The van der Waals surface area contributed by atoms with Crippen LogP contribution in [0.25, 0.3) is 0 Å². The zero-order valence-corrected chi connectivity index (χ0v) is 13.2. The molecule has 0 aromatic rings. The van der Waals surface area contributed by atoms with Crippen molar-refractivity contribution in [3.8, 4) is 0 Å². The molecule has 4 heteroatoms. The van der Waals surface area contributed by atoms with Crippen molar-refractivity contribution in [2.75, 3.05) is 13.1 Å². The van der Waals surface area contributed by atoms with E-state index in [1.165, 1.54) is 19.3 Å². The smallest absolute Gasteiger partial charge is 0.410 e. The first-order chi connectivity index (χ1) is 9.33. The quantitative estimate of drug-likeness (QED) is 0.845. The lowest BCUT2D eigenvalue weighted by molar-refractivity contribution is 0.0268. The number of hydrogen-bond donors (Lipinski definition) is 1. The molecule has 4 unspecified atom stereocenters. The van der Waals surface area contributed by atoms with Crippen molar-refractivity contribution in [2.24, 2.45) is 17.8 Å². The van der Waals surface area contributed by atoms with E-state index >= 15 is 0 Å². The summed E-state index contributed by atoms with van der Waals surface area (Å²) in [5.74, 6) is 2.21. The molecule has 0 radical (unpaired) electrons. The number of carbonyl (C=O) groups excluding carboxylic acids is 1. The number of rotatable bonds is 2. The maximum Gasteiger partial charge on any atom is 0.410 e. The third-order valence-electron chi connectivity index (χ3n) is 4.97. The van der Waals surface area contributed by atoms with E-state index in [0.29, 0.717) is 17.9 Å². The van der Waals surface area contributed by atoms with Gasteiger partial charge in [0.1, 0.15) is 5.60 Å². The van der Waals surface area contributed by atoms with E-state index in [9.17, 15) is 4.79 Å². The fourth-order valence-corrected chi connectivity index (χ4v) is 3.88. The third kappa shape index (κ3) is 2.95. The molecule has 2 saturated carbocycles. The van der Waals surface area contributed by atoms with Crippen molar-refractivity contribution in [1.82, 2.24) is 10.2 Å². The number of piperidine rings is 1. The van der Waals surface area contributed by atoms with E-state index in [-0.39, 0.29) is 11.7 Å². The number of nitrogens with zero attached hydrogens (tertiary/aromatic N) is 1. The topological polar surface area (TPSA) is 41.6 Å². The van der Waals surface area contributed by atoms with Gasteiger partial charge in [-0.1, -0.05) is 6.92 Å². The van der Waals surface area contributed by atoms with Crippen molar-refractivity contribution in [2.45, 2.75) is 64.6 Å². The Labute approximate surface area is 122 Å². The van der Waals surface area contributed by atoms with Crippen LogP contribution in [-0.4, -0.2) is 41.8 Å². The van der Waals surface area contributed by atoms with Gasteiger partial charge in [0.2, 0.25) is 0 Å². The van der Waals surface area contributed by atoms with Crippen LogP contribution >= 0.6 is 0 Å². The van der Waals surface area contributed by atoms with Crippen LogP contribution in [-0.2, 0) is 4.74 Å². The van der Waals surface area contributed by atoms with Crippen molar-refractivity contribution < 1.29 is 9.53 Å². The average Bonchev–Trinajstić information content (AvgIpc) is 2.72. The van der Waals surface area contributed by atoms with Crippen molar-refractivity contribution in [1.29, 1.82) is 0 Å². The highest BCUT2D eigenvalue weighted by molar-refractivity contribution is 5.69. The zero-order chi connectivity index (χ0) is 14.5. The molecule has 3 rings (SSSR count). The summed E-state index contributed by atoms with van der Waals surface area (Å²) in [6, 6.07) is 1.37. The van der Waals surface area contributed by atoms with Gasteiger partial charge >= 0.3 is 6.09 Å². The first-order valence-corrected chi connectivity index (χ1v) is 8.07. The molecule has 1 amide bonds. The van der Waals surface area contributed by atoms with Gasteiger partial charge in [0.25, 0.3) is 0 Å². The minimum Gasteiger partial charge on any atom is -0.444 e. The van der Waals surface area contributed by atoms with Crippen LogP contribution in [0.15, 0.2) is 0 Å². The van der Waals surface area contributed by atoms with Crippen LogP contribution in [0.5, 0.6) is 0 Å². The predicted octanol–water partition coefficient (Wildman–Crippen LogP) is 2.63. The molecule has 114 valence electrons. The van der Waals surface area contributed by atoms with E-state index in [2.05, 4.69) is 12.2 Å². The first-order valence-electron chi connectivity index (χ1n) is 8.07. The molecule has 4 nitrogen and oxygen atoms in total. The largest absolute Gasteiger partial charge is 0.444 e. The standard InChI is InChI=1S/C16H28N2O2/c1-10-5-6-11(7-10)17-14-12-8-18(9-13(12)14)15(19)20-16(2,3)4/h10-14,17H,5-9H2,1-4H3.